The standard InChI is InChI=1S/C22H21N7O/c1-16-9-10-19(29-24-11-12-25-29)18(14-16)22(30)27-13-5-8-20(27)21-23-15-28(26-21)17-6-3-2-4-7-17/h2-4,6-7,9-12,14-15,20H,5,8,13H2,1H3. The van der Waals surface area contributed by atoms with Crippen molar-refractivity contribution in [1.29, 1.82) is 0 Å². The van der Waals surface area contributed by atoms with Crippen molar-refractivity contribution in [2.75, 3.05) is 6.54 Å². The Bertz CT molecular complexity index is 1170. The van der Waals surface area contributed by atoms with Crippen LogP contribution in [0, 0.1) is 6.92 Å². The summed E-state index contributed by atoms with van der Waals surface area (Å²) in [4.78, 5) is 21.4. The van der Waals surface area contributed by atoms with Crippen LogP contribution in [0.25, 0.3) is 11.4 Å². The molecule has 8 heteroatoms. The minimum atomic E-state index is -0.151. The van der Waals surface area contributed by atoms with Crippen LogP contribution in [0.4, 0.5) is 0 Å². The molecule has 4 aromatic rings. The average molecular weight is 399 g/mol. The third-order valence-electron chi connectivity index (χ3n) is 5.36. The zero-order valence-corrected chi connectivity index (χ0v) is 16.6. The molecule has 0 bridgehead atoms. The molecule has 0 aliphatic carbocycles. The van der Waals surface area contributed by atoms with E-state index in [0.29, 0.717) is 23.6 Å². The predicted octanol–water partition coefficient (Wildman–Crippen LogP) is 3.13. The maximum Gasteiger partial charge on any atom is 0.256 e. The highest BCUT2D eigenvalue weighted by Gasteiger charge is 2.34. The molecule has 5 rings (SSSR count). The third kappa shape index (κ3) is 3.26. The molecule has 0 N–H and O–H groups in total. The summed E-state index contributed by atoms with van der Waals surface area (Å²) in [5, 5.41) is 13.1. The summed E-state index contributed by atoms with van der Waals surface area (Å²) >= 11 is 0. The number of aryl methyl sites for hydroxylation is 1. The molecule has 0 spiro atoms. The normalized spacial score (nSPS) is 16.2. The molecule has 150 valence electrons. The van der Waals surface area contributed by atoms with E-state index in [1.54, 1.807) is 23.4 Å². The topological polar surface area (TPSA) is 81.7 Å². The van der Waals surface area contributed by atoms with E-state index in [1.807, 2.05) is 60.4 Å². The Kier molecular flexibility index (Phi) is 4.59. The van der Waals surface area contributed by atoms with Gasteiger partial charge in [-0.05, 0) is 44.0 Å². The number of likely N-dealkylation sites (tertiary alicyclic amines) is 1. The van der Waals surface area contributed by atoms with Gasteiger partial charge in [-0.1, -0.05) is 29.8 Å². The number of hydrogen-bond donors (Lipinski definition) is 0. The maximum absolute atomic E-state index is 13.6. The van der Waals surface area contributed by atoms with E-state index >= 15 is 0 Å². The lowest BCUT2D eigenvalue weighted by Crippen LogP contribution is -2.32. The van der Waals surface area contributed by atoms with E-state index in [9.17, 15) is 4.79 Å². The van der Waals surface area contributed by atoms with Gasteiger partial charge < -0.3 is 4.90 Å². The number of aromatic nitrogens is 6. The van der Waals surface area contributed by atoms with Crippen molar-refractivity contribution in [3.8, 4) is 11.4 Å². The van der Waals surface area contributed by atoms with Crippen molar-refractivity contribution in [2.24, 2.45) is 0 Å². The van der Waals surface area contributed by atoms with Crippen LogP contribution in [0.5, 0.6) is 0 Å². The summed E-state index contributed by atoms with van der Waals surface area (Å²) in [5.74, 6) is 0.612. The summed E-state index contributed by atoms with van der Waals surface area (Å²) < 4.78 is 1.75. The summed E-state index contributed by atoms with van der Waals surface area (Å²) in [7, 11) is 0. The first-order valence-corrected chi connectivity index (χ1v) is 9.96. The van der Waals surface area contributed by atoms with Gasteiger partial charge in [0.15, 0.2) is 5.82 Å². The van der Waals surface area contributed by atoms with Crippen molar-refractivity contribution < 1.29 is 4.79 Å². The molecular weight excluding hydrogens is 378 g/mol. The molecule has 3 heterocycles. The van der Waals surface area contributed by atoms with Gasteiger partial charge in [-0.15, -0.1) is 5.10 Å². The van der Waals surface area contributed by atoms with Crippen molar-refractivity contribution in [1.82, 2.24) is 34.7 Å². The summed E-state index contributed by atoms with van der Waals surface area (Å²) in [5.41, 5.74) is 3.21. The smallest absolute Gasteiger partial charge is 0.256 e. The second-order valence-electron chi connectivity index (χ2n) is 7.38. The molecule has 0 saturated carbocycles. The summed E-state index contributed by atoms with van der Waals surface area (Å²) in [6.45, 7) is 2.64. The van der Waals surface area contributed by atoms with E-state index in [2.05, 4.69) is 20.3 Å². The molecule has 1 saturated heterocycles. The van der Waals surface area contributed by atoms with Gasteiger partial charge in [0.25, 0.3) is 5.91 Å². The lowest BCUT2D eigenvalue weighted by Gasteiger charge is -2.24. The monoisotopic (exact) mass is 399 g/mol. The Morgan fingerprint density at radius 1 is 1.07 bits per heavy atom. The predicted molar refractivity (Wildman–Crippen MR) is 110 cm³/mol. The van der Waals surface area contributed by atoms with E-state index in [1.165, 1.54) is 4.80 Å². The first-order valence-electron chi connectivity index (χ1n) is 9.96. The lowest BCUT2D eigenvalue weighted by molar-refractivity contribution is 0.0729. The molecule has 1 atom stereocenters. The van der Waals surface area contributed by atoms with Crippen LogP contribution in [0.1, 0.15) is 40.6 Å². The van der Waals surface area contributed by atoms with Crippen LogP contribution in [0.15, 0.2) is 67.3 Å². The molecule has 30 heavy (non-hydrogen) atoms. The first-order chi connectivity index (χ1) is 14.7. The number of hydrogen-bond acceptors (Lipinski definition) is 5. The number of carbonyl (C=O) groups excluding carboxylic acids is 1. The maximum atomic E-state index is 13.6. The van der Waals surface area contributed by atoms with Gasteiger partial charge in [0.1, 0.15) is 6.33 Å². The molecule has 1 fully saturated rings. The second-order valence-corrected chi connectivity index (χ2v) is 7.38. The van der Waals surface area contributed by atoms with E-state index < -0.39 is 0 Å². The van der Waals surface area contributed by atoms with Crippen LogP contribution in [-0.4, -0.2) is 47.1 Å². The van der Waals surface area contributed by atoms with Gasteiger partial charge in [0, 0.05) is 6.54 Å². The molecule has 8 nitrogen and oxygen atoms in total. The van der Waals surface area contributed by atoms with E-state index in [0.717, 1.165) is 24.1 Å². The number of para-hydroxylation sites is 1. The Hall–Kier alpha value is -3.81. The molecule has 2 aromatic carbocycles. The fraction of sp³-hybridized carbons (Fsp3) is 0.227. The fourth-order valence-electron chi connectivity index (χ4n) is 3.90. The van der Waals surface area contributed by atoms with Crippen LogP contribution >= 0.6 is 0 Å². The highest BCUT2D eigenvalue weighted by molar-refractivity contribution is 5.98. The van der Waals surface area contributed by atoms with Crippen LogP contribution in [0.3, 0.4) is 0 Å². The summed E-state index contributed by atoms with van der Waals surface area (Å²) in [6, 6.07) is 15.4. The van der Waals surface area contributed by atoms with E-state index in [-0.39, 0.29) is 11.9 Å². The molecular formula is C22H21N7O. The lowest BCUT2D eigenvalue weighted by atomic mass is 10.1. The average Bonchev–Trinajstić information content (AvgIpc) is 3.55. The van der Waals surface area contributed by atoms with E-state index in [4.69, 9.17) is 0 Å². The van der Waals surface area contributed by atoms with Crippen LogP contribution < -0.4 is 0 Å². The minimum absolute atomic E-state index is 0.0513. The van der Waals surface area contributed by atoms with Crippen molar-refractivity contribution >= 4 is 5.91 Å². The Morgan fingerprint density at radius 3 is 2.67 bits per heavy atom. The number of amides is 1. The number of nitrogens with zero attached hydrogens (tertiary/aromatic N) is 7. The Labute approximate surface area is 173 Å². The fourth-order valence-corrected chi connectivity index (χ4v) is 3.90. The SMILES string of the molecule is Cc1ccc(-n2nccn2)c(C(=O)N2CCCC2c2ncn(-c3ccccc3)n2)c1. The quantitative estimate of drug-likeness (QED) is 0.527. The van der Waals surface area contributed by atoms with Crippen molar-refractivity contribution in [3.63, 3.8) is 0 Å². The molecule has 0 radical (unpaired) electrons. The van der Waals surface area contributed by atoms with Crippen LogP contribution in [-0.2, 0) is 0 Å². The molecule has 2 aromatic heterocycles. The van der Waals surface area contributed by atoms with Crippen molar-refractivity contribution in [3.05, 3.63) is 84.2 Å². The largest absolute Gasteiger partial charge is 0.328 e. The molecule has 1 aliphatic rings. The molecule has 1 amide bonds. The molecule has 1 aliphatic heterocycles. The van der Waals surface area contributed by atoms with Gasteiger partial charge in [-0.3, -0.25) is 4.79 Å². The van der Waals surface area contributed by atoms with Gasteiger partial charge in [-0.25, -0.2) is 9.67 Å². The Balaban J connectivity index is 1.47. The highest BCUT2D eigenvalue weighted by atomic mass is 16.2. The number of benzene rings is 2. The zero-order valence-electron chi connectivity index (χ0n) is 16.6. The minimum Gasteiger partial charge on any atom is -0.328 e. The number of carbonyl (C=O) groups is 1. The first kappa shape index (κ1) is 18.2. The van der Waals surface area contributed by atoms with Gasteiger partial charge in [0.2, 0.25) is 0 Å². The number of rotatable bonds is 4. The van der Waals surface area contributed by atoms with Gasteiger partial charge in [0.05, 0.1) is 35.4 Å². The van der Waals surface area contributed by atoms with Crippen LogP contribution in [0.2, 0.25) is 0 Å². The Morgan fingerprint density at radius 2 is 1.87 bits per heavy atom. The molecule has 1 unspecified atom stereocenters. The highest BCUT2D eigenvalue weighted by Crippen LogP contribution is 2.32. The van der Waals surface area contributed by atoms with Gasteiger partial charge in [-0.2, -0.15) is 15.0 Å². The van der Waals surface area contributed by atoms with Gasteiger partial charge >= 0.3 is 0 Å². The zero-order chi connectivity index (χ0) is 20.5. The van der Waals surface area contributed by atoms with Crippen molar-refractivity contribution in [2.45, 2.75) is 25.8 Å². The second kappa shape index (κ2) is 7.55. The third-order valence-corrected chi connectivity index (χ3v) is 5.36. The summed E-state index contributed by atoms with van der Waals surface area (Å²) in [6.07, 6.45) is 6.67.